The average Bonchev–Trinajstić information content (AvgIpc) is 3.11. The lowest BCUT2D eigenvalue weighted by Gasteiger charge is -2.38. The number of hydrogen-bond acceptors (Lipinski definition) is 5. The number of nitrogens with zero attached hydrogens (tertiary/aromatic N) is 3. The van der Waals surface area contributed by atoms with Crippen molar-refractivity contribution in [3.63, 3.8) is 0 Å². The van der Waals surface area contributed by atoms with Crippen molar-refractivity contribution in [2.45, 2.75) is 51.0 Å². The molecule has 1 aliphatic carbocycles. The molecule has 2 aromatic heterocycles. The van der Waals surface area contributed by atoms with Gasteiger partial charge < -0.3 is 10.1 Å². The summed E-state index contributed by atoms with van der Waals surface area (Å²) in [5.41, 5.74) is 1.05. The number of rotatable bonds is 5. The Bertz CT molecular complexity index is 1080. The predicted octanol–water partition coefficient (Wildman–Crippen LogP) is 2.25. The SMILES string of the molecule is COc1ccc(C2(NC(=O)Cc3nc4nc(C)cc(=O)n4[nH]3)CCCCC2)cc1. The molecule has 0 spiro atoms. The molecule has 2 N–H and O–H groups in total. The molecule has 0 bridgehead atoms. The van der Waals surface area contributed by atoms with Crippen LogP contribution in [0.25, 0.3) is 5.78 Å². The van der Waals surface area contributed by atoms with Crippen molar-refractivity contribution in [3.8, 4) is 5.75 Å². The van der Waals surface area contributed by atoms with Crippen LogP contribution in [-0.4, -0.2) is 32.6 Å². The normalized spacial score (nSPS) is 15.9. The van der Waals surface area contributed by atoms with E-state index in [4.69, 9.17) is 4.74 Å². The number of carbonyl (C=O) groups is 1. The van der Waals surface area contributed by atoms with Crippen LogP contribution in [0, 0.1) is 6.92 Å². The van der Waals surface area contributed by atoms with Crippen LogP contribution in [0.1, 0.15) is 49.2 Å². The highest BCUT2D eigenvalue weighted by molar-refractivity contribution is 5.79. The van der Waals surface area contributed by atoms with Gasteiger partial charge in [0.2, 0.25) is 5.91 Å². The van der Waals surface area contributed by atoms with Gasteiger partial charge in [0.15, 0.2) is 0 Å². The van der Waals surface area contributed by atoms with Crippen molar-refractivity contribution in [1.82, 2.24) is 24.9 Å². The zero-order chi connectivity index (χ0) is 20.4. The second-order valence-electron chi connectivity index (χ2n) is 7.64. The minimum atomic E-state index is -0.390. The summed E-state index contributed by atoms with van der Waals surface area (Å²) < 4.78 is 6.52. The lowest BCUT2D eigenvalue weighted by Crippen LogP contribution is -2.47. The first kappa shape index (κ1) is 19.2. The van der Waals surface area contributed by atoms with Gasteiger partial charge in [0.1, 0.15) is 11.6 Å². The highest BCUT2D eigenvalue weighted by atomic mass is 16.5. The molecular weight excluding hydrogens is 370 g/mol. The Morgan fingerprint density at radius 1 is 1.21 bits per heavy atom. The van der Waals surface area contributed by atoms with E-state index in [9.17, 15) is 9.59 Å². The summed E-state index contributed by atoms with van der Waals surface area (Å²) in [6.07, 6.45) is 5.15. The van der Waals surface area contributed by atoms with Crippen molar-refractivity contribution in [2.75, 3.05) is 7.11 Å². The summed E-state index contributed by atoms with van der Waals surface area (Å²) in [4.78, 5) is 33.5. The monoisotopic (exact) mass is 395 g/mol. The number of aromatic amines is 1. The number of aromatic nitrogens is 4. The van der Waals surface area contributed by atoms with Gasteiger partial charge in [-0.2, -0.15) is 9.50 Å². The number of hydrogen-bond donors (Lipinski definition) is 2. The quantitative estimate of drug-likeness (QED) is 0.690. The molecule has 0 unspecified atom stereocenters. The van der Waals surface area contributed by atoms with Crippen LogP contribution in [0.4, 0.5) is 0 Å². The number of benzene rings is 1. The Morgan fingerprint density at radius 2 is 1.93 bits per heavy atom. The summed E-state index contributed by atoms with van der Waals surface area (Å²) in [5, 5.41) is 6.14. The van der Waals surface area contributed by atoms with E-state index in [1.807, 2.05) is 24.3 Å². The molecule has 1 aromatic carbocycles. The lowest BCUT2D eigenvalue weighted by atomic mass is 9.76. The molecule has 3 aromatic rings. The number of nitrogens with one attached hydrogen (secondary N) is 2. The van der Waals surface area contributed by atoms with Crippen LogP contribution in [0.5, 0.6) is 5.75 Å². The maximum Gasteiger partial charge on any atom is 0.274 e. The third-order valence-corrected chi connectivity index (χ3v) is 5.56. The molecule has 29 heavy (non-hydrogen) atoms. The van der Waals surface area contributed by atoms with Crippen LogP contribution in [0.3, 0.4) is 0 Å². The largest absolute Gasteiger partial charge is 0.497 e. The average molecular weight is 395 g/mol. The van der Waals surface area contributed by atoms with Gasteiger partial charge in [-0.1, -0.05) is 31.4 Å². The maximum absolute atomic E-state index is 12.9. The van der Waals surface area contributed by atoms with E-state index in [0.29, 0.717) is 11.5 Å². The molecule has 2 heterocycles. The van der Waals surface area contributed by atoms with Crippen molar-refractivity contribution in [1.29, 1.82) is 0 Å². The number of amides is 1. The van der Waals surface area contributed by atoms with Gasteiger partial charge in [-0.05, 0) is 37.5 Å². The fourth-order valence-electron chi connectivity index (χ4n) is 4.13. The predicted molar refractivity (Wildman–Crippen MR) is 108 cm³/mol. The highest BCUT2D eigenvalue weighted by Gasteiger charge is 2.35. The Kier molecular flexibility index (Phi) is 5.08. The molecule has 0 radical (unpaired) electrons. The van der Waals surface area contributed by atoms with Gasteiger partial charge in [-0.3, -0.25) is 14.7 Å². The zero-order valence-corrected chi connectivity index (χ0v) is 16.7. The van der Waals surface area contributed by atoms with Crippen molar-refractivity contribution >= 4 is 11.7 Å². The molecular formula is C21H25N5O3. The first-order valence-corrected chi connectivity index (χ1v) is 9.90. The van der Waals surface area contributed by atoms with E-state index >= 15 is 0 Å². The first-order chi connectivity index (χ1) is 14.0. The van der Waals surface area contributed by atoms with Gasteiger partial charge in [-0.25, -0.2) is 4.98 Å². The van der Waals surface area contributed by atoms with E-state index in [1.54, 1.807) is 14.0 Å². The molecule has 0 atom stereocenters. The summed E-state index contributed by atoms with van der Waals surface area (Å²) in [6, 6.07) is 9.33. The molecule has 1 fully saturated rings. The fraction of sp³-hybridized carbons (Fsp3) is 0.429. The van der Waals surface area contributed by atoms with Gasteiger partial charge >= 0.3 is 0 Å². The fourth-order valence-corrected chi connectivity index (χ4v) is 4.13. The molecule has 0 aliphatic heterocycles. The topological polar surface area (TPSA) is 101 Å². The smallest absolute Gasteiger partial charge is 0.274 e. The third kappa shape index (κ3) is 3.87. The maximum atomic E-state index is 12.9. The van der Waals surface area contributed by atoms with Gasteiger partial charge in [0.25, 0.3) is 11.3 Å². The Balaban J connectivity index is 1.57. The number of carbonyl (C=O) groups excluding carboxylic acids is 1. The Hall–Kier alpha value is -3.16. The second-order valence-corrected chi connectivity index (χ2v) is 7.64. The summed E-state index contributed by atoms with van der Waals surface area (Å²) in [5.74, 6) is 1.35. The molecule has 0 saturated heterocycles. The van der Waals surface area contributed by atoms with E-state index in [2.05, 4.69) is 20.4 Å². The molecule has 4 rings (SSSR count). The molecule has 8 nitrogen and oxygen atoms in total. The van der Waals surface area contributed by atoms with Crippen molar-refractivity contribution < 1.29 is 9.53 Å². The number of H-pyrrole nitrogens is 1. The van der Waals surface area contributed by atoms with Gasteiger partial charge in [0.05, 0.1) is 19.1 Å². The highest BCUT2D eigenvalue weighted by Crippen LogP contribution is 2.37. The third-order valence-electron chi connectivity index (χ3n) is 5.56. The Labute approximate surface area is 168 Å². The second kappa shape index (κ2) is 7.69. The summed E-state index contributed by atoms with van der Waals surface area (Å²) in [7, 11) is 1.64. The van der Waals surface area contributed by atoms with Gasteiger partial charge in [0, 0.05) is 11.8 Å². The number of aryl methyl sites for hydroxylation is 1. The van der Waals surface area contributed by atoms with E-state index in [1.165, 1.54) is 17.0 Å². The molecule has 1 aliphatic rings. The number of fused-ring (bicyclic) bond motifs is 1. The van der Waals surface area contributed by atoms with Crippen molar-refractivity contribution in [3.05, 3.63) is 57.8 Å². The minimum absolute atomic E-state index is 0.0553. The summed E-state index contributed by atoms with van der Waals surface area (Å²) >= 11 is 0. The first-order valence-electron chi connectivity index (χ1n) is 9.90. The van der Waals surface area contributed by atoms with Crippen molar-refractivity contribution in [2.24, 2.45) is 0 Å². The lowest BCUT2D eigenvalue weighted by molar-refractivity contribution is -0.123. The Morgan fingerprint density at radius 3 is 2.62 bits per heavy atom. The summed E-state index contributed by atoms with van der Waals surface area (Å²) in [6.45, 7) is 1.74. The standard InChI is InChI=1S/C21H25N5O3/c1-14-12-19(28)26-20(22-14)23-17(25-26)13-18(27)24-21(10-4-3-5-11-21)15-6-8-16(29-2)9-7-15/h6-9,12H,3-5,10-11,13H2,1-2H3,(H,24,27)(H,22,23,25). The molecule has 8 heteroatoms. The zero-order valence-electron chi connectivity index (χ0n) is 16.7. The number of methoxy groups -OCH3 is 1. The van der Waals surface area contributed by atoms with Crippen LogP contribution in [0.2, 0.25) is 0 Å². The molecule has 152 valence electrons. The van der Waals surface area contributed by atoms with E-state index in [-0.39, 0.29) is 29.2 Å². The van der Waals surface area contributed by atoms with Crippen LogP contribution in [0.15, 0.2) is 35.1 Å². The van der Waals surface area contributed by atoms with Gasteiger partial charge in [-0.15, -0.1) is 0 Å². The van der Waals surface area contributed by atoms with Crippen LogP contribution in [-0.2, 0) is 16.8 Å². The molecule has 1 amide bonds. The van der Waals surface area contributed by atoms with E-state index < -0.39 is 0 Å². The molecule has 1 saturated carbocycles. The number of ether oxygens (including phenoxy) is 1. The van der Waals surface area contributed by atoms with Crippen LogP contribution < -0.4 is 15.6 Å². The minimum Gasteiger partial charge on any atom is -0.497 e. The van der Waals surface area contributed by atoms with E-state index in [0.717, 1.165) is 37.0 Å². The van der Waals surface area contributed by atoms with Crippen LogP contribution >= 0.6 is 0 Å².